The van der Waals surface area contributed by atoms with Crippen molar-refractivity contribution in [3.63, 3.8) is 0 Å². The summed E-state index contributed by atoms with van der Waals surface area (Å²) in [6.45, 7) is 3.98. The Hall–Kier alpha value is -1.97. The number of benzene rings is 2. The fourth-order valence-corrected chi connectivity index (χ4v) is 1.56. The quantitative estimate of drug-likeness (QED) is 0.795. The molecule has 4 heteroatoms. The second kappa shape index (κ2) is 5.34. The van der Waals surface area contributed by atoms with E-state index in [1.165, 1.54) is 12.1 Å². The maximum atomic E-state index is 12.5. The minimum Gasteiger partial charge on any atom is -0.489 e. The monoisotopic (exact) mass is 265 g/mol. The first-order valence-electron chi connectivity index (χ1n) is 5.66. The Labute approximate surface area is 109 Å². The summed E-state index contributed by atoms with van der Waals surface area (Å²) < 4.78 is 42.9. The molecule has 0 N–H and O–H groups in total. The van der Waals surface area contributed by atoms with E-state index in [4.69, 9.17) is 4.74 Å². The van der Waals surface area contributed by atoms with Gasteiger partial charge in [0.15, 0.2) is 0 Å². The van der Waals surface area contributed by atoms with Crippen LogP contribution in [-0.2, 0) is 12.8 Å². The summed E-state index contributed by atoms with van der Waals surface area (Å²) in [5.74, 6) is 0.202. The highest BCUT2D eigenvalue weighted by atomic mass is 19.4. The molecule has 0 heterocycles. The molecule has 2 aromatic rings. The van der Waals surface area contributed by atoms with E-state index in [1.807, 2.05) is 24.3 Å². The van der Waals surface area contributed by atoms with Crippen LogP contribution in [0.5, 0.6) is 5.75 Å². The zero-order valence-electron chi connectivity index (χ0n) is 10.1. The Morgan fingerprint density at radius 2 is 1.68 bits per heavy atom. The van der Waals surface area contributed by atoms with Gasteiger partial charge in [0.05, 0.1) is 5.56 Å². The third kappa shape index (κ3) is 3.74. The van der Waals surface area contributed by atoms with Crippen molar-refractivity contribution in [3.05, 3.63) is 72.1 Å². The van der Waals surface area contributed by atoms with Gasteiger partial charge in [-0.3, -0.25) is 0 Å². The topological polar surface area (TPSA) is 9.23 Å². The SMILES string of the molecule is [CH2]c1ccc(COc2cccc(C(F)(F)F)c2)cc1. The average molecular weight is 265 g/mol. The molecule has 0 saturated heterocycles. The third-order valence-electron chi connectivity index (χ3n) is 2.59. The highest BCUT2D eigenvalue weighted by Gasteiger charge is 2.30. The van der Waals surface area contributed by atoms with E-state index < -0.39 is 11.7 Å². The first kappa shape index (κ1) is 13.5. The highest BCUT2D eigenvalue weighted by Crippen LogP contribution is 2.31. The molecule has 0 aliphatic rings. The van der Waals surface area contributed by atoms with Gasteiger partial charge in [0.2, 0.25) is 0 Å². The van der Waals surface area contributed by atoms with Crippen LogP contribution >= 0.6 is 0 Å². The summed E-state index contributed by atoms with van der Waals surface area (Å²) in [5, 5.41) is 0. The van der Waals surface area contributed by atoms with Gasteiger partial charge in [-0.25, -0.2) is 0 Å². The van der Waals surface area contributed by atoms with Crippen LogP contribution in [0.15, 0.2) is 48.5 Å². The van der Waals surface area contributed by atoms with E-state index in [0.29, 0.717) is 0 Å². The van der Waals surface area contributed by atoms with E-state index in [1.54, 1.807) is 0 Å². The molecule has 0 aromatic heterocycles. The van der Waals surface area contributed by atoms with Gasteiger partial charge in [0.25, 0.3) is 0 Å². The Balaban J connectivity index is 2.05. The molecule has 0 saturated carbocycles. The molecule has 19 heavy (non-hydrogen) atoms. The maximum absolute atomic E-state index is 12.5. The molecule has 1 radical (unpaired) electrons. The van der Waals surface area contributed by atoms with Crippen molar-refractivity contribution in [3.8, 4) is 5.75 Å². The van der Waals surface area contributed by atoms with Gasteiger partial charge < -0.3 is 4.74 Å². The number of hydrogen-bond donors (Lipinski definition) is 0. The lowest BCUT2D eigenvalue weighted by Gasteiger charge is -2.10. The van der Waals surface area contributed by atoms with Crippen molar-refractivity contribution >= 4 is 0 Å². The summed E-state index contributed by atoms with van der Waals surface area (Å²) >= 11 is 0. The first-order valence-corrected chi connectivity index (χ1v) is 5.66. The van der Waals surface area contributed by atoms with E-state index in [0.717, 1.165) is 23.3 Å². The zero-order chi connectivity index (χ0) is 13.9. The van der Waals surface area contributed by atoms with Gasteiger partial charge in [-0.1, -0.05) is 30.3 Å². The van der Waals surface area contributed by atoms with Crippen molar-refractivity contribution in [2.45, 2.75) is 12.8 Å². The fourth-order valence-electron chi connectivity index (χ4n) is 1.56. The summed E-state index contributed by atoms with van der Waals surface area (Å²) in [6, 6.07) is 12.2. The van der Waals surface area contributed by atoms with E-state index in [2.05, 4.69) is 6.92 Å². The number of alkyl halides is 3. The van der Waals surface area contributed by atoms with Crippen LogP contribution in [0.2, 0.25) is 0 Å². The molecule has 0 amide bonds. The molecule has 0 fully saturated rings. The molecule has 0 spiro atoms. The molecule has 2 aromatic carbocycles. The van der Waals surface area contributed by atoms with E-state index >= 15 is 0 Å². The Morgan fingerprint density at radius 1 is 1.00 bits per heavy atom. The second-order valence-electron chi connectivity index (χ2n) is 4.13. The van der Waals surface area contributed by atoms with Crippen molar-refractivity contribution in [2.24, 2.45) is 0 Å². The maximum Gasteiger partial charge on any atom is 0.416 e. The number of hydrogen-bond acceptors (Lipinski definition) is 1. The molecular formula is C15H12F3O. The summed E-state index contributed by atoms with van der Waals surface area (Å²) in [6.07, 6.45) is -4.35. The van der Waals surface area contributed by atoms with Crippen LogP contribution in [0.4, 0.5) is 13.2 Å². The van der Waals surface area contributed by atoms with Crippen LogP contribution in [-0.4, -0.2) is 0 Å². The van der Waals surface area contributed by atoms with Crippen LogP contribution in [0, 0.1) is 6.92 Å². The number of ether oxygens (including phenoxy) is 1. The van der Waals surface area contributed by atoms with E-state index in [-0.39, 0.29) is 12.4 Å². The molecule has 2 rings (SSSR count). The van der Waals surface area contributed by atoms with Gasteiger partial charge in [0.1, 0.15) is 12.4 Å². The first-order chi connectivity index (χ1) is 8.95. The minimum atomic E-state index is -4.35. The molecular weight excluding hydrogens is 253 g/mol. The summed E-state index contributed by atoms with van der Waals surface area (Å²) in [7, 11) is 0. The van der Waals surface area contributed by atoms with Gasteiger partial charge in [-0.15, -0.1) is 0 Å². The van der Waals surface area contributed by atoms with Crippen molar-refractivity contribution in [1.82, 2.24) is 0 Å². The Morgan fingerprint density at radius 3 is 2.32 bits per heavy atom. The van der Waals surface area contributed by atoms with Crippen LogP contribution in [0.1, 0.15) is 16.7 Å². The van der Waals surface area contributed by atoms with Gasteiger partial charge in [-0.05, 0) is 36.2 Å². The zero-order valence-corrected chi connectivity index (χ0v) is 10.1. The molecule has 0 bridgehead atoms. The lowest BCUT2D eigenvalue weighted by molar-refractivity contribution is -0.137. The molecule has 0 aliphatic carbocycles. The number of rotatable bonds is 3. The highest BCUT2D eigenvalue weighted by molar-refractivity contribution is 5.31. The van der Waals surface area contributed by atoms with Crippen LogP contribution in [0.25, 0.3) is 0 Å². The second-order valence-corrected chi connectivity index (χ2v) is 4.13. The van der Waals surface area contributed by atoms with Gasteiger partial charge in [0, 0.05) is 0 Å². The van der Waals surface area contributed by atoms with Crippen LogP contribution < -0.4 is 4.74 Å². The van der Waals surface area contributed by atoms with E-state index in [9.17, 15) is 13.2 Å². The Kier molecular flexibility index (Phi) is 3.79. The third-order valence-corrected chi connectivity index (χ3v) is 2.59. The normalized spacial score (nSPS) is 11.4. The predicted octanol–water partition coefficient (Wildman–Crippen LogP) is 4.47. The van der Waals surface area contributed by atoms with Gasteiger partial charge in [-0.2, -0.15) is 13.2 Å². The Bertz CT molecular complexity index is 544. The largest absolute Gasteiger partial charge is 0.489 e. The van der Waals surface area contributed by atoms with Crippen molar-refractivity contribution < 1.29 is 17.9 Å². The predicted molar refractivity (Wildman–Crippen MR) is 66.7 cm³/mol. The molecule has 99 valence electrons. The minimum absolute atomic E-state index is 0.202. The van der Waals surface area contributed by atoms with Crippen LogP contribution in [0.3, 0.4) is 0 Å². The molecule has 0 aliphatic heterocycles. The van der Waals surface area contributed by atoms with Gasteiger partial charge >= 0.3 is 6.18 Å². The smallest absolute Gasteiger partial charge is 0.416 e. The molecule has 0 unspecified atom stereocenters. The van der Waals surface area contributed by atoms with Crippen molar-refractivity contribution in [1.29, 1.82) is 0 Å². The lowest BCUT2D eigenvalue weighted by atomic mass is 10.2. The summed E-state index contributed by atoms with van der Waals surface area (Å²) in [4.78, 5) is 0. The molecule has 1 nitrogen and oxygen atoms in total. The number of halogens is 3. The summed E-state index contributed by atoms with van der Waals surface area (Å²) in [5.41, 5.74) is 1.05. The fraction of sp³-hybridized carbons (Fsp3) is 0.133. The standard InChI is InChI=1S/C15H12F3O/c1-11-5-7-12(8-6-11)10-19-14-4-2-3-13(9-14)15(16,17)18/h2-9H,1,10H2. The lowest BCUT2D eigenvalue weighted by Crippen LogP contribution is -2.05. The average Bonchev–Trinajstić information content (AvgIpc) is 2.37. The van der Waals surface area contributed by atoms with Crippen molar-refractivity contribution in [2.75, 3.05) is 0 Å². The molecule has 0 atom stereocenters.